The van der Waals surface area contributed by atoms with Crippen LogP contribution in [0.25, 0.3) is 0 Å². The topological polar surface area (TPSA) is 29.1 Å². The molecular weight excluding hydrogens is 420 g/mol. The number of halogens is 3. The van der Waals surface area contributed by atoms with Gasteiger partial charge in [-0.15, -0.1) is 0 Å². The molecule has 0 amide bonds. The smallest absolute Gasteiger partial charge is 0.142 e. The number of nitrogens with one attached hydrogen (secondary N) is 1. The summed E-state index contributed by atoms with van der Waals surface area (Å²) >= 11 is 11.8. The third-order valence-corrected chi connectivity index (χ3v) is 4.88. The largest absolute Gasteiger partial charge is 0.362 e. The average molecular weight is 456 g/mol. The molecule has 0 saturated heterocycles. The number of allylic oxidation sites excluding steroid dienone is 5. The van der Waals surface area contributed by atoms with Gasteiger partial charge in [-0.3, -0.25) is 0 Å². The van der Waals surface area contributed by atoms with Crippen LogP contribution in [0.4, 0.5) is 10.1 Å². The molecule has 0 radical (unpaired) electrons. The van der Waals surface area contributed by atoms with Crippen LogP contribution < -0.4 is 5.32 Å². The summed E-state index contributed by atoms with van der Waals surface area (Å²) in [6.07, 6.45) is 12.5. The van der Waals surface area contributed by atoms with Crippen molar-refractivity contribution in [2.24, 2.45) is 5.92 Å². The lowest BCUT2D eigenvalue weighted by Crippen LogP contribution is -2.13. The van der Waals surface area contributed by atoms with Crippen LogP contribution >= 0.6 is 23.2 Å². The Hall–Kier alpha value is -1.84. The van der Waals surface area contributed by atoms with Gasteiger partial charge in [0.25, 0.3) is 0 Å². The second kappa shape index (κ2) is 19.1. The van der Waals surface area contributed by atoms with Gasteiger partial charge in [0.2, 0.25) is 0 Å². The highest BCUT2D eigenvalue weighted by Crippen LogP contribution is 2.39. The highest BCUT2D eigenvalue weighted by molar-refractivity contribution is 6.31. The van der Waals surface area contributed by atoms with E-state index in [9.17, 15) is 4.39 Å². The van der Waals surface area contributed by atoms with Gasteiger partial charge in [0.05, 0.1) is 5.02 Å². The van der Waals surface area contributed by atoms with Crippen LogP contribution in [-0.2, 0) is 4.79 Å². The third kappa shape index (κ3) is 11.4. The van der Waals surface area contributed by atoms with Crippen molar-refractivity contribution >= 4 is 35.2 Å². The van der Waals surface area contributed by atoms with Gasteiger partial charge in [0, 0.05) is 10.7 Å². The lowest BCUT2D eigenvalue weighted by molar-refractivity contribution is -0.106. The molecule has 0 aromatic heterocycles. The summed E-state index contributed by atoms with van der Waals surface area (Å²) in [6.45, 7) is 17.0. The molecule has 5 heteroatoms. The van der Waals surface area contributed by atoms with Gasteiger partial charge in [0.1, 0.15) is 12.1 Å². The SMILES string of the molecule is C=CNc1cc(Cl)c(F)cc1[C@H](CC)[C@H](CC)C/C=C\C=C(\Cl)C=C.CC.CC=O. The molecule has 0 aliphatic carbocycles. The van der Waals surface area contributed by atoms with Gasteiger partial charge in [-0.25, -0.2) is 4.39 Å². The van der Waals surface area contributed by atoms with Crippen molar-refractivity contribution in [2.45, 2.75) is 59.8 Å². The molecule has 0 aliphatic rings. The first kappa shape index (κ1) is 30.4. The maximum atomic E-state index is 14.1. The summed E-state index contributed by atoms with van der Waals surface area (Å²) in [5, 5.41) is 3.80. The zero-order valence-corrected chi connectivity index (χ0v) is 20.4. The first-order valence-electron chi connectivity index (χ1n) is 10.3. The first-order chi connectivity index (χ1) is 14.4. The summed E-state index contributed by atoms with van der Waals surface area (Å²) in [7, 11) is 0. The predicted octanol–water partition coefficient (Wildman–Crippen LogP) is 9.04. The fourth-order valence-electron chi connectivity index (χ4n) is 3.01. The minimum absolute atomic E-state index is 0.111. The van der Waals surface area contributed by atoms with Crippen molar-refractivity contribution in [3.8, 4) is 0 Å². The van der Waals surface area contributed by atoms with E-state index in [0.29, 0.717) is 11.0 Å². The van der Waals surface area contributed by atoms with Gasteiger partial charge in [-0.2, -0.15) is 0 Å². The first-order valence-corrected chi connectivity index (χ1v) is 11.1. The number of hydrogen-bond acceptors (Lipinski definition) is 2. The van der Waals surface area contributed by atoms with Gasteiger partial charge >= 0.3 is 0 Å². The van der Waals surface area contributed by atoms with Crippen LogP contribution in [0, 0.1) is 11.7 Å². The maximum Gasteiger partial charge on any atom is 0.142 e. The zero-order chi connectivity index (χ0) is 23.5. The molecular formula is C25H36Cl2FNO. The molecule has 2 nitrogen and oxygen atoms in total. The highest BCUT2D eigenvalue weighted by atomic mass is 35.5. The van der Waals surface area contributed by atoms with Gasteiger partial charge < -0.3 is 10.1 Å². The molecule has 2 atom stereocenters. The molecule has 30 heavy (non-hydrogen) atoms. The molecule has 168 valence electrons. The van der Waals surface area contributed by atoms with Crippen molar-refractivity contribution in [1.82, 2.24) is 0 Å². The van der Waals surface area contributed by atoms with E-state index in [1.165, 1.54) is 6.92 Å². The van der Waals surface area contributed by atoms with E-state index >= 15 is 0 Å². The number of carbonyl (C=O) groups is 1. The van der Waals surface area contributed by atoms with E-state index in [2.05, 4.69) is 38.4 Å². The Kier molecular flexibility index (Phi) is 19.4. The second-order valence-corrected chi connectivity index (χ2v) is 6.88. The number of rotatable bonds is 10. The number of hydrogen-bond donors (Lipinski definition) is 1. The predicted molar refractivity (Wildman–Crippen MR) is 133 cm³/mol. The summed E-state index contributed by atoms with van der Waals surface area (Å²) in [5.41, 5.74) is 1.74. The minimum atomic E-state index is -0.393. The molecule has 1 aromatic carbocycles. The highest BCUT2D eigenvalue weighted by Gasteiger charge is 2.23. The molecule has 0 bridgehead atoms. The van der Waals surface area contributed by atoms with Crippen LogP contribution in [0.3, 0.4) is 0 Å². The standard InChI is InChI=1S/C21H26Cl2FN.C2H4O.C2H6/c1-5-15(11-9-10-12-16(22)6-2)17(7-3)18-13-20(24)19(23)14-21(18)25-8-4;1-2-3;1-2/h6,8-10,12-15,17,25H,2,4-5,7,11H2,1,3H3;2H,1H3;1-2H3/b10-9-,16-12+;;/t15-,17-;;/m1../s1. The lowest BCUT2D eigenvalue weighted by Gasteiger charge is -2.27. The van der Waals surface area contributed by atoms with Crippen LogP contribution in [0.2, 0.25) is 5.02 Å². The quantitative estimate of drug-likeness (QED) is 0.281. The lowest BCUT2D eigenvalue weighted by atomic mass is 9.79. The average Bonchev–Trinajstić information content (AvgIpc) is 2.75. The molecule has 1 aromatic rings. The normalized spacial score (nSPS) is 12.6. The monoisotopic (exact) mass is 455 g/mol. The number of aldehydes is 1. The van der Waals surface area contributed by atoms with E-state index < -0.39 is 5.82 Å². The number of carbonyl (C=O) groups excluding carboxylic acids is 1. The van der Waals surface area contributed by atoms with E-state index in [1.807, 2.05) is 26.0 Å². The Morgan fingerprint density at radius 1 is 1.23 bits per heavy atom. The zero-order valence-electron chi connectivity index (χ0n) is 18.9. The Bertz CT molecular complexity index is 699. The molecule has 0 heterocycles. The van der Waals surface area contributed by atoms with E-state index in [1.54, 1.807) is 24.4 Å². The van der Waals surface area contributed by atoms with Crippen LogP contribution in [-0.4, -0.2) is 6.29 Å². The number of benzene rings is 1. The van der Waals surface area contributed by atoms with Gasteiger partial charge in [-0.05, 0) is 61.6 Å². The molecule has 0 unspecified atom stereocenters. The van der Waals surface area contributed by atoms with Crippen LogP contribution in [0.15, 0.2) is 60.8 Å². The maximum absolute atomic E-state index is 14.1. The summed E-state index contributed by atoms with van der Waals surface area (Å²) in [5.74, 6) is 0.196. The van der Waals surface area contributed by atoms with Crippen molar-refractivity contribution in [3.63, 3.8) is 0 Å². The van der Waals surface area contributed by atoms with E-state index in [-0.39, 0.29) is 10.9 Å². The molecule has 1 N–H and O–H groups in total. The summed E-state index contributed by atoms with van der Waals surface area (Å²) in [6, 6.07) is 3.18. The Morgan fingerprint density at radius 2 is 1.83 bits per heavy atom. The second-order valence-electron chi connectivity index (χ2n) is 6.04. The molecule has 1 rings (SSSR count). The number of anilines is 1. The molecule has 0 aliphatic heterocycles. The van der Waals surface area contributed by atoms with Crippen LogP contribution in [0.5, 0.6) is 0 Å². The molecule has 0 saturated carbocycles. The Morgan fingerprint density at radius 3 is 2.30 bits per heavy atom. The van der Waals surface area contributed by atoms with Gasteiger partial charge in [-0.1, -0.05) is 88.7 Å². The van der Waals surface area contributed by atoms with Crippen molar-refractivity contribution < 1.29 is 9.18 Å². The summed E-state index contributed by atoms with van der Waals surface area (Å²) in [4.78, 5) is 8.81. The summed E-state index contributed by atoms with van der Waals surface area (Å²) < 4.78 is 14.1. The van der Waals surface area contributed by atoms with Crippen molar-refractivity contribution in [2.75, 3.05) is 5.32 Å². The van der Waals surface area contributed by atoms with Crippen LogP contribution in [0.1, 0.15) is 65.4 Å². The fourth-order valence-corrected chi connectivity index (χ4v) is 3.24. The van der Waals surface area contributed by atoms with Crippen molar-refractivity contribution in [1.29, 1.82) is 0 Å². The molecule has 0 fully saturated rings. The Balaban J connectivity index is 0. The fraction of sp³-hybridized carbons (Fsp3) is 0.400. The minimum Gasteiger partial charge on any atom is -0.362 e. The Labute approximate surface area is 192 Å². The third-order valence-electron chi connectivity index (χ3n) is 4.31. The van der Waals surface area contributed by atoms with E-state index in [4.69, 9.17) is 28.0 Å². The van der Waals surface area contributed by atoms with Gasteiger partial charge in [0.15, 0.2) is 0 Å². The molecule has 0 spiro atoms. The van der Waals surface area contributed by atoms with E-state index in [0.717, 1.165) is 36.8 Å². The van der Waals surface area contributed by atoms with Crippen molar-refractivity contribution in [3.05, 3.63) is 77.2 Å².